The minimum absolute atomic E-state index is 0.0404. The third kappa shape index (κ3) is 3.15. The van der Waals surface area contributed by atoms with Crippen molar-refractivity contribution in [2.75, 3.05) is 13.1 Å². The fourth-order valence-corrected chi connectivity index (χ4v) is 3.72. The maximum Gasteiger partial charge on any atom is 0.226 e. The average Bonchev–Trinajstić information content (AvgIpc) is 3.26. The van der Waals surface area contributed by atoms with Crippen molar-refractivity contribution in [1.82, 2.24) is 15.0 Å². The van der Waals surface area contributed by atoms with Gasteiger partial charge in [0.1, 0.15) is 11.6 Å². The first-order chi connectivity index (χ1) is 12.0. The Kier molecular flexibility index (Phi) is 4.01. The Hall–Kier alpha value is -2.31. The Labute approximate surface area is 144 Å². The number of aryl methyl sites for hydroxylation is 1. The molecule has 3 atom stereocenters. The second-order valence-electron chi connectivity index (χ2n) is 6.91. The van der Waals surface area contributed by atoms with Crippen LogP contribution >= 0.6 is 0 Å². The highest BCUT2D eigenvalue weighted by Crippen LogP contribution is 2.49. The van der Waals surface area contributed by atoms with Gasteiger partial charge in [-0.1, -0.05) is 11.2 Å². The molecule has 132 valence electrons. The molecule has 0 N–H and O–H groups in total. The molecule has 0 radical (unpaired) electrons. The molecule has 2 aliphatic rings. The van der Waals surface area contributed by atoms with E-state index < -0.39 is 11.6 Å². The Balaban J connectivity index is 1.43. The van der Waals surface area contributed by atoms with Gasteiger partial charge in [-0.2, -0.15) is 4.98 Å². The molecule has 5 nitrogen and oxygen atoms in total. The van der Waals surface area contributed by atoms with Crippen LogP contribution in [0.2, 0.25) is 0 Å². The third-order valence-electron chi connectivity index (χ3n) is 5.11. The predicted molar refractivity (Wildman–Crippen MR) is 84.8 cm³/mol. The Morgan fingerprint density at radius 3 is 2.92 bits per heavy atom. The molecule has 1 aromatic heterocycles. The average molecular weight is 347 g/mol. The van der Waals surface area contributed by atoms with Crippen molar-refractivity contribution >= 4 is 5.91 Å². The molecule has 0 unspecified atom stereocenters. The van der Waals surface area contributed by atoms with Crippen molar-refractivity contribution in [3.63, 3.8) is 0 Å². The zero-order valence-electron chi connectivity index (χ0n) is 13.9. The van der Waals surface area contributed by atoms with Gasteiger partial charge in [0, 0.05) is 37.9 Å². The minimum Gasteiger partial charge on any atom is -0.342 e. The summed E-state index contributed by atoms with van der Waals surface area (Å²) < 4.78 is 32.0. The molecule has 1 amide bonds. The Morgan fingerprint density at radius 1 is 1.36 bits per heavy atom. The topological polar surface area (TPSA) is 59.2 Å². The summed E-state index contributed by atoms with van der Waals surface area (Å²) in [5.74, 6) is -0.252. The van der Waals surface area contributed by atoms with Gasteiger partial charge < -0.3 is 9.42 Å². The van der Waals surface area contributed by atoms with Gasteiger partial charge >= 0.3 is 0 Å². The van der Waals surface area contributed by atoms with E-state index in [9.17, 15) is 13.6 Å². The molecule has 1 aromatic carbocycles. The molecular formula is C18H19F2N3O2. The van der Waals surface area contributed by atoms with Crippen molar-refractivity contribution in [1.29, 1.82) is 0 Å². The van der Waals surface area contributed by atoms with Gasteiger partial charge in [-0.3, -0.25) is 4.79 Å². The summed E-state index contributed by atoms with van der Waals surface area (Å²) in [6, 6.07) is 3.57. The van der Waals surface area contributed by atoms with Crippen molar-refractivity contribution in [2.24, 2.45) is 5.92 Å². The monoisotopic (exact) mass is 347 g/mol. The van der Waals surface area contributed by atoms with E-state index in [2.05, 4.69) is 10.1 Å². The number of carbonyl (C=O) groups is 1. The van der Waals surface area contributed by atoms with E-state index in [0.29, 0.717) is 36.8 Å². The second kappa shape index (κ2) is 6.20. The fourth-order valence-electron chi connectivity index (χ4n) is 3.72. The van der Waals surface area contributed by atoms with Gasteiger partial charge in [-0.05, 0) is 36.8 Å². The second-order valence-corrected chi connectivity index (χ2v) is 6.91. The number of hydrogen-bond donors (Lipinski definition) is 0. The number of rotatable bonds is 3. The summed E-state index contributed by atoms with van der Waals surface area (Å²) in [6.45, 7) is 3.00. The summed E-state index contributed by atoms with van der Waals surface area (Å²) in [6.07, 6.45) is 2.42. The first-order valence-corrected chi connectivity index (χ1v) is 8.57. The number of halogens is 2. The lowest BCUT2D eigenvalue weighted by molar-refractivity contribution is -0.133. The van der Waals surface area contributed by atoms with E-state index in [0.717, 1.165) is 18.9 Å². The number of benzene rings is 1. The van der Waals surface area contributed by atoms with Crippen LogP contribution in [0.3, 0.4) is 0 Å². The van der Waals surface area contributed by atoms with Crippen LogP contribution in [0.25, 0.3) is 0 Å². The Morgan fingerprint density at radius 2 is 2.20 bits per heavy atom. The number of aromatic nitrogens is 2. The summed E-state index contributed by atoms with van der Waals surface area (Å²) >= 11 is 0. The molecule has 1 saturated heterocycles. The molecule has 1 aliphatic heterocycles. The lowest BCUT2D eigenvalue weighted by Gasteiger charge is -2.31. The third-order valence-corrected chi connectivity index (χ3v) is 5.11. The zero-order chi connectivity index (χ0) is 17.6. The zero-order valence-corrected chi connectivity index (χ0v) is 13.9. The van der Waals surface area contributed by atoms with Crippen LogP contribution in [0.4, 0.5) is 8.78 Å². The van der Waals surface area contributed by atoms with Crippen LogP contribution in [0.5, 0.6) is 0 Å². The normalized spacial score (nSPS) is 25.9. The van der Waals surface area contributed by atoms with Crippen LogP contribution in [0, 0.1) is 24.5 Å². The van der Waals surface area contributed by atoms with Crippen LogP contribution in [0.15, 0.2) is 22.7 Å². The van der Waals surface area contributed by atoms with Crippen molar-refractivity contribution in [3.8, 4) is 0 Å². The van der Waals surface area contributed by atoms with Gasteiger partial charge in [0.05, 0.1) is 0 Å². The maximum atomic E-state index is 13.9. The highest BCUT2D eigenvalue weighted by Gasteiger charge is 2.47. The highest BCUT2D eigenvalue weighted by atomic mass is 19.1. The lowest BCUT2D eigenvalue weighted by Crippen LogP contribution is -2.40. The van der Waals surface area contributed by atoms with Crippen LogP contribution in [-0.2, 0) is 4.79 Å². The first kappa shape index (κ1) is 16.2. The number of likely N-dealkylation sites (tertiary alicyclic amines) is 1. The number of carbonyl (C=O) groups excluding carboxylic acids is 1. The van der Waals surface area contributed by atoms with Gasteiger partial charge in [-0.25, -0.2) is 8.78 Å². The minimum atomic E-state index is -0.598. The number of amides is 1. The van der Waals surface area contributed by atoms with E-state index in [1.807, 2.05) is 4.90 Å². The van der Waals surface area contributed by atoms with Gasteiger partial charge in [0.2, 0.25) is 11.8 Å². The smallest absolute Gasteiger partial charge is 0.226 e. The number of nitrogens with zero attached hydrogens (tertiary/aromatic N) is 3. The predicted octanol–water partition coefficient (Wildman–Crippen LogP) is 3.17. The van der Waals surface area contributed by atoms with Crippen molar-refractivity contribution in [3.05, 3.63) is 47.1 Å². The standard InChI is InChI=1S/C18H19F2N3O2/c1-10-21-17(22-25-10)11-3-2-6-23(9-11)18(24)15-8-14(15)13-5-4-12(19)7-16(13)20/h4-5,7,11,14-15H,2-3,6,8-9H2,1H3/t11-,14+,15-/m1/s1. The van der Waals surface area contributed by atoms with E-state index in [1.165, 1.54) is 12.1 Å². The molecule has 0 bridgehead atoms. The summed E-state index contributed by atoms with van der Waals surface area (Å²) in [7, 11) is 0. The maximum absolute atomic E-state index is 13.9. The fraction of sp³-hybridized carbons (Fsp3) is 0.500. The largest absolute Gasteiger partial charge is 0.342 e. The molecule has 2 fully saturated rings. The van der Waals surface area contributed by atoms with Crippen LogP contribution < -0.4 is 0 Å². The summed E-state index contributed by atoms with van der Waals surface area (Å²) in [5, 5.41) is 3.97. The highest BCUT2D eigenvalue weighted by molar-refractivity contribution is 5.83. The van der Waals surface area contributed by atoms with Gasteiger partial charge in [0.25, 0.3) is 0 Å². The molecule has 2 aromatic rings. The van der Waals surface area contributed by atoms with E-state index in [4.69, 9.17) is 4.52 Å². The van der Waals surface area contributed by atoms with Crippen LogP contribution in [0.1, 0.15) is 48.4 Å². The molecule has 1 saturated carbocycles. The molecule has 0 spiro atoms. The number of hydrogen-bond acceptors (Lipinski definition) is 4. The van der Waals surface area contributed by atoms with Gasteiger partial charge in [0.15, 0.2) is 5.82 Å². The summed E-state index contributed by atoms with van der Waals surface area (Å²) in [4.78, 5) is 18.9. The van der Waals surface area contributed by atoms with Crippen LogP contribution in [-0.4, -0.2) is 34.0 Å². The lowest BCUT2D eigenvalue weighted by atomic mass is 9.96. The van der Waals surface area contributed by atoms with E-state index >= 15 is 0 Å². The van der Waals surface area contributed by atoms with Crippen molar-refractivity contribution < 1.29 is 18.1 Å². The SMILES string of the molecule is Cc1nc([C@@H]2CCCN(C(=O)[C@@H]3C[C@H]3c3ccc(F)cc3F)C2)no1. The van der Waals surface area contributed by atoms with E-state index in [-0.39, 0.29) is 23.7 Å². The number of piperidine rings is 1. The molecule has 2 heterocycles. The molecule has 1 aliphatic carbocycles. The quantitative estimate of drug-likeness (QED) is 0.856. The Bertz CT molecular complexity index is 807. The molecule has 4 rings (SSSR count). The van der Waals surface area contributed by atoms with E-state index in [1.54, 1.807) is 6.92 Å². The molecule has 25 heavy (non-hydrogen) atoms. The first-order valence-electron chi connectivity index (χ1n) is 8.57. The molecular weight excluding hydrogens is 328 g/mol. The van der Waals surface area contributed by atoms with Gasteiger partial charge in [-0.15, -0.1) is 0 Å². The van der Waals surface area contributed by atoms with Crippen molar-refractivity contribution in [2.45, 2.75) is 38.0 Å². The molecule has 7 heteroatoms. The summed E-state index contributed by atoms with van der Waals surface area (Å²) in [5.41, 5.74) is 0.433.